The van der Waals surface area contributed by atoms with E-state index in [-0.39, 0.29) is 17.2 Å². The average Bonchev–Trinajstić information content (AvgIpc) is 3.15. The predicted octanol–water partition coefficient (Wildman–Crippen LogP) is 4.41. The number of carboxylic acid groups (broad SMARTS) is 1. The smallest absolute Gasteiger partial charge is 0.336 e. The molecule has 0 atom stereocenters. The van der Waals surface area contributed by atoms with Crippen LogP contribution in [0.4, 0.5) is 0 Å². The Labute approximate surface area is 175 Å². The van der Waals surface area contributed by atoms with E-state index in [1.54, 1.807) is 35.1 Å². The predicted molar refractivity (Wildman–Crippen MR) is 114 cm³/mol. The van der Waals surface area contributed by atoms with Crippen LogP contribution < -0.4 is 0 Å². The third-order valence-electron chi connectivity index (χ3n) is 4.81. The van der Waals surface area contributed by atoms with Gasteiger partial charge in [-0.25, -0.2) is 14.5 Å². The molecule has 0 aliphatic rings. The molecule has 1 aromatic carbocycles. The van der Waals surface area contributed by atoms with Crippen molar-refractivity contribution >= 4 is 11.8 Å². The molecule has 0 amide bonds. The van der Waals surface area contributed by atoms with Gasteiger partial charge < -0.3 is 5.11 Å². The molecule has 0 spiro atoms. The zero-order valence-electron chi connectivity index (χ0n) is 17.3. The van der Waals surface area contributed by atoms with Crippen molar-refractivity contribution in [2.45, 2.75) is 52.5 Å². The summed E-state index contributed by atoms with van der Waals surface area (Å²) in [6, 6.07) is 10.5. The Hall–Kier alpha value is -3.35. The summed E-state index contributed by atoms with van der Waals surface area (Å²) in [5.74, 6) is 0.0140. The van der Waals surface area contributed by atoms with Gasteiger partial charge in [0.2, 0.25) is 11.6 Å². The number of Topliss-reactive ketones (excluding diaryl/α,β-unsaturated/α-hetero) is 1. The number of hydrogen-bond acceptors (Lipinski definition) is 5. The first kappa shape index (κ1) is 21.4. The fourth-order valence-electron chi connectivity index (χ4n) is 3.23. The lowest BCUT2D eigenvalue weighted by molar-refractivity contribution is 0.0697. The first-order valence-corrected chi connectivity index (χ1v) is 10.3. The van der Waals surface area contributed by atoms with Crippen LogP contribution in [-0.4, -0.2) is 36.6 Å². The van der Waals surface area contributed by atoms with Gasteiger partial charge in [-0.2, -0.15) is 0 Å². The molecule has 0 saturated carbocycles. The quantitative estimate of drug-likeness (QED) is 0.501. The lowest BCUT2D eigenvalue weighted by Crippen LogP contribution is -2.07. The van der Waals surface area contributed by atoms with Crippen LogP contribution in [0, 0.1) is 0 Å². The van der Waals surface area contributed by atoms with Gasteiger partial charge in [0.1, 0.15) is 5.82 Å². The topological polar surface area (TPSA) is 98.0 Å². The SMILES string of the molecule is CCCCC(=O)c1nc(Cc2ccc(-c3ccccc3C(=O)O)nc2)n(CCC)n1. The van der Waals surface area contributed by atoms with Gasteiger partial charge in [-0.05, 0) is 30.5 Å². The van der Waals surface area contributed by atoms with E-state index in [1.807, 2.05) is 19.1 Å². The number of carbonyl (C=O) groups excluding carboxylic acids is 1. The van der Waals surface area contributed by atoms with Gasteiger partial charge in [0.25, 0.3) is 0 Å². The van der Waals surface area contributed by atoms with Gasteiger partial charge in [-0.3, -0.25) is 9.78 Å². The molecule has 0 radical (unpaired) electrons. The molecule has 7 nitrogen and oxygen atoms in total. The average molecular weight is 406 g/mol. The second kappa shape index (κ2) is 9.91. The van der Waals surface area contributed by atoms with Crippen molar-refractivity contribution in [3.05, 3.63) is 65.4 Å². The number of aromatic nitrogens is 4. The third kappa shape index (κ3) is 4.97. The number of nitrogens with zero attached hydrogens (tertiary/aromatic N) is 4. The first-order valence-electron chi connectivity index (χ1n) is 10.3. The summed E-state index contributed by atoms with van der Waals surface area (Å²) >= 11 is 0. The van der Waals surface area contributed by atoms with Crippen molar-refractivity contribution in [2.75, 3.05) is 0 Å². The number of rotatable bonds is 10. The molecule has 7 heteroatoms. The van der Waals surface area contributed by atoms with Crippen LogP contribution >= 0.6 is 0 Å². The van der Waals surface area contributed by atoms with Crippen LogP contribution in [0.2, 0.25) is 0 Å². The highest BCUT2D eigenvalue weighted by Gasteiger charge is 2.17. The molecule has 3 aromatic rings. The summed E-state index contributed by atoms with van der Waals surface area (Å²) in [4.78, 5) is 32.7. The zero-order valence-corrected chi connectivity index (χ0v) is 17.3. The maximum absolute atomic E-state index is 12.3. The summed E-state index contributed by atoms with van der Waals surface area (Å²) in [6.45, 7) is 4.80. The normalized spacial score (nSPS) is 10.9. The zero-order chi connectivity index (χ0) is 21.5. The fourth-order valence-corrected chi connectivity index (χ4v) is 3.23. The number of pyridine rings is 1. The number of carbonyl (C=O) groups is 2. The Morgan fingerprint density at radius 1 is 1.07 bits per heavy atom. The van der Waals surface area contributed by atoms with E-state index in [4.69, 9.17) is 0 Å². The molecule has 156 valence electrons. The Morgan fingerprint density at radius 3 is 2.53 bits per heavy atom. The molecule has 0 unspecified atom stereocenters. The molecular formula is C23H26N4O3. The van der Waals surface area contributed by atoms with E-state index >= 15 is 0 Å². The van der Waals surface area contributed by atoms with Gasteiger partial charge in [0, 0.05) is 31.1 Å². The second-order valence-corrected chi connectivity index (χ2v) is 7.18. The van der Waals surface area contributed by atoms with Crippen LogP contribution in [0.25, 0.3) is 11.3 Å². The third-order valence-corrected chi connectivity index (χ3v) is 4.81. The number of unbranched alkanes of at least 4 members (excludes halogenated alkanes) is 1. The Kier molecular flexibility index (Phi) is 7.06. The lowest BCUT2D eigenvalue weighted by Gasteiger charge is -2.07. The van der Waals surface area contributed by atoms with Gasteiger partial charge in [-0.15, -0.1) is 5.10 Å². The molecule has 2 heterocycles. The Bertz CT molecular complexity index is 1030. The summed E-state index contributed by atoms with van der Waals surface area (Å²) in [6.07, 6.45) is 5.36. The minimum atomic E-state index is -0.982. The molecule has 0 fully saturated rings. The van der Waals surface area contributed by atoms with Crippen molar-refractivity contribution < 1.29 is 14.7 Å². The number of carboxylic acids is 1. The van der Waals surface area contributed by atoms with E-state index in [0.29, 0.717) is 30.6 Å². The van der Waals surface area contributed by atoms with Gasteiger partial charge in [-0.1, -0.05) is 44.5 Å². The highest BCUT2D eigenvalue weighted by molar-refractivity contribution is 5.95. The highest BCUT2D eigenvalue weighted by atomic mass is 16.4. The minimum Gasteiger partial charge on any atom is -0.478 e. The largest absolute Gasteiger partial charge is 0.478 e. The second-order valence-electron chi connectivity index (χ2n) is 7.18. The van der Waals surface area contributed by atoms with Crippen LogP contribution in [0.5, 0.6) is 0 Å². The molecule has 2 aromatic heterocycles. The number of benzene rings is 1. The Balaban J connectivity index is 1.82. The van der Waals surface area contributed by atoms with Gasteiger partial charge in [0.05, 0.1) is 11.3 Å². The maximum atomic E-state index is 12.3. The van der Waals surface area contributed by atoms with Gasteiger partial charge in [0.15, 0.2) is 0 Å². The molecule has 30 heavy (non-hydrogen) atoms. The van der Waals surface area contributed by atoms with E-state index in [2.05, 4.69) is 22.0 Å². The molecular weight excluding hydrogens is 380 g/mol. The van der Waals surface area contributed by atoms with Crippen LogP contribution in [0.3, 0.4) is 0 Å². The Morgan fingerprint density at radius 2 is 1.87 bits per heavy atom. The maximum Gasteiger partial charge on any atom is 0.336 e. The summed E-state index contributed by atoms with van der Waals surface area (Å²) in [5, 5.41) is 13.8. The number of hydrogen-bond donors (Lipinski definition) is 1. The van der Waals surface area contributed by atoms with E-state index in [1.165, 1.54) is 0 Å². The lowest BCUT2D eigenvalue weighted by atomic mass is 10.0. The van der Waals surface area contributed by atoms with Crippen LogP contribution in [0.1, 0.15) is 71.9 Å². The number of aryl methyl sites for hydroxylation is 1. The molecule has 0 aliphatic heterocycles. The van der Waals surface area contributed by atoms with Crippen molar-refractivity contribution in [3.63, 3.8) is 0 Å². The highest BCUT2D eigenvalue weighted by Crippen LogP contribution is 2.22. The van der Waals surface area contributed by atoms with E-state index in [0.717, 1.165) is 30.7 Å². The molecule has 0 aliphatic carbocycles. The monoisotopic (exact) mass is 406 g/mol. The van der Waals surface area contributed by atoms with E-state index in [9.17, 15) is 14.7 Å². The van der Waals surface area contributed by atoms with Crippen molar-refractivity contribution in [1.82, 2.24) is 19.7 Å². The standard InChI is InChI=1S/C23H26N4O3/c1-3-5-10-20(28)22-25-21(27(26-22)13-4-2)14-16-11-12-19(24-15-16)17-8-6-7-9-18(17)23(29)30/h6-9,11-12,15H,3-5,10,13-14H2,1-2H3,(H,29,30). The molecule has 0 saturated heterocycles. The molecule has 0 bridgehead atoms. The molecule has 3 rings (SSSR count). The van der Waals surface area contributed by atoms with Crippen LogP contribution in [-0.2, 0) is 13.0 Å². The van der Waals surface area contributed by atoms with Crippen LogP contribution in [0.15, 0.2) is 42.6 Å². The fraction of sp³-hybridized carbons (Fsp3) is 0.348. The van der Waals surface area contributed by atoms with E-state index < -0.39 is 5.97 Å². The number of aromatic carboxylic acids is 1. The van der Waals surface area contributed by atoms with Crippen molar-refractivity contribution in [3.8, 4) is 11.3 Å². The van der Waals surface area contributed by atoms with Crippen molar-refractivity contribution in [1.29, 1.82) is 0 Å². The molecule has 1 N–H and O–H groups in total. The summed E-state index contributed by atoms with van der Waals surface area (Å²) in [7, 11) is 0. The summed E-state index contributed by atoms with van der Waals surface area (Å²) in [5.41, 5.74) is 2.32. The first-order chi connectivity index (χ1) is 14.5. The van der Waals surface area contributed by atoms with Gasteiger partial charge >= 0.3 is 5.97 Å². The number of ketones is 1. The minimum absolute atomic E-state index is 0.0216. The van der Waals surface area contributed by atoms with Crippen molar-refractivity contribution in [2.24, 2.45) is 0 Å². The summed E-state index contributed by atoms with van der Waals surface area (Å²) < 4.78 is 1.80.